The van der Waals surface area contributed by atoms with Crippen LogP contribution >= 0.6 is 0 Å². The van der Waals surface area contributed by atoms with Crippen LogP contribution < -0.4 is 10.7 Å². The van der Waals surface area contributed by atoms with Crippen molar-refractivity contribution in [2.24, 2.45) is 4.99 Å². The molecule has 0 spiro atoms. The van der Waals surface area contributed by atoms with Crippen LogP contribution in [-0.2, 0) is 0 Å². The van der Waals surface area contributed by atoms with E-state index in [1.807, 2.05) is 50.2 Å². The van der Waals surface area contributed by atoms with Gasteiger partial charge in [-0.05, 0) is 62.6 Å². The van der Waals surface area contributed by atoms with Crippen molar-refractivity contribution in [3.8, 4) is 28.5 Å². The van der Waals surface area contributed by atoms with Gasteiger partial charge in [0.2, 0.25) is 0 Å². The molecule has 6 nitrogen and oxygen atoms in total. The third-order valence-corrected chi connectivity index (χ3v) is 6.41. The molecule has 1 aliphatic heterocycles. The van der Waals surface area contributed by atoms with E-state index in [0.717, 1.165) is 62.1 Å². The number of hydrogen-bond donors (Lipinski definition) is 1. The number of rotatable bonds is 7. The molecule has 1 amide bonds. The van der Waals surface area contributed by atoms with Crippen LogP contribution in [0.4, 0.5) is 5.69 Å². The van der Waals surface area contributed by atoms with Crippen molar-refractivity contribution in [3.63, 3.8) is 0 Å². The molecule has 36 heavy (non-hydrogen) atoms. The molecule has 0 fully saturated rings. The lowest BCUT2D eigenvalue weighted by atomic mass is 9.89. The highest BCUT2D eigenvalue weighted by Gasteiger charge is 2.24. The Balaban J connectivity index is 2.08. The van der Waals surface area contributed by atoms with Crippen molar-refractivity contribution in [1.82, 2.24) is 4.90 Å². The molecule has 0 saturated carbocycles. The van der Waals surface area contributed by atoms with Crippen molar-refractivity contribution >= 4 is 22.6 Å². The topological polar surface area (TPSA) is 81.6 Å². The van der Waals surface area contributed by atoms with Crippen LogP contribution in [0.1, 0.15) is 41.8 Å². The minimum atomic E-state index is -0.113. The maximum absolute atomic E-state index is 13.5. The molecule has 0 radical (unpaired) electrons. The van der Waals surface area contributed by atoms with E-state index < -0.39 is 0 Å². The van der Waals surface area contributed by atoms with E-state index in [9.17, 15) is 4.79 Å². The van der Waals surface area contributed by atoms with Crippen molar-refractivity contribution in [2.75, 3.05) is 32.0 Å². The first-order valence-electron chi connectivity index (χ1n) is 12.4. The molecule has 184 valence electrons. The molecule has 0 bridgehead atoms. The van der Waals surface area contributed by atoms with E-state index in [-0.39, 0.29) is 12.3 Å². The second kappa shape index (κ2) is 10.7. The van der Waals surface area contributed by atoms with E-state index in [0.29, 0.717) is 18.7 Å². The zero-order valence-electron chi connectivity index (χ0n) is 21.6. The van der Waals surface area contributed by atoms with Crippen molar-refractivity contribution in [3.05, 3.63) is 70.6 Å². The van der Waals surface area contributed by atoms with Gasteiger partial charge in [-0.1, -0.05) is 18.2 Å². The van der Waals surface area contributed by atoms with Gasteiger partial charge in [0, 0.05) is 66.6 Å². The highest BCUT2D eigenvalue weighted by Crippen LogP contribution is 2.43. The van der Waals surface area contributed by atoms with Crippen LogP contribution in [0.25, 0.3) is 33.4 Å². The first kappa shape index (κ1) is 25.0. The van der Waals surface area contributed by atoms with Gasteiger partial charge in [0.25, 0.3) is 5.91 Å². The Labute approximate surface area is 212 Å². The highest BCUT2D eigenvalue weighted by atomic mass is 16.3. The maximum atomic E-state index is 13.5. The smallest absolute Gasteiger partial charge is 0.254 e. The molecule has 1 aliphatic carbocycles. The van der Waals surface area contributed by atoms with E-state index in [4.69, 9.17) is 9.68 Å². The molecule has 2 aromatic rings. The molecule has 4 rings (SSSR count). The Morgan fingerprint density at radius 2 is 1.86 bits per heavy atom. The molecule has 1 N–H and O–H groups in total. The molecule has 0 atom stereocenters. The summed E-state index contributed by atoms with van der Waals surface area (Å²) in [5.74, 6) is 0.611. The molecular weight excluding hydrogens is 448 g/mol. The van der Waals surface area contributed by atoms with Crippen LogP contribution in [0.15, 0.2) is 57.9 Å². The summed E-state index contributed by atoms with van der Waals surface area (Å²) in [6, 6.07) is 18.1. The van der Waals surface area contributed by atoms with E-state index >= 15 is 0 Å². The first-order valence-corrected chi connectivity index (χ1v) is 12.4. The molecule has 6 heteroatoms. The Morgan fingerprint density at radius 3 is 2.58 bits per heavy atom. The van der Waals surface area contributed by atoms with E-state index in [1.165, 1.54) is 0 Å². The number of carbonyl (C=O) groups is 1. The molecule has 2 aliphatic rings. The van der Waals surface area contributed by atoms with E-state index in [1.54, 1.807) is 11.9 Å². The lowest BCUT2D eigenvalue weighted by Crippen LogP contribution is -2.28. The summed E-state index contributed by atoms with van der Waals surface area (Å²) in [4.78, 5) is 19.7. The summed E-state index contributed by atoms with van der Waals surface area (Å²) >= 11 is 0. The van der Waals surface area contributed by atoms with Crippen LogP contribution in [0, 0.1) is 25.2 Å². The van der Waals surface area contributed by atoms with Gasteiger partial charge in [-0.25, -0.2) is 0 Å². The van der Waals surface area contributed by atoms with Crippen LogP contribution in [0.2, 0.25) is 0 Å². The Morgan fingerprint density at radius 1 is 1.08 bits per heavy atom. The summed E-state index contributed by atoms with van der Waals surface area (Å²) < 4.78 is 6.46. The first-order chi connectivity index (χ1) is 17.4. The lowest BCUT2D eigenvalue weighted by Gasteiger charge is -2.22. The van der Waals surface area contributed by atoms with Crippen molar-refractivity contribution in [2.45, 2.75) is 34.1 Å². The Bertz CT molecular complexity index is 1510. The van der Waals surface area contributed by atoms with Crippen molar-refractivity contribution in [1.29, 1.82) is 5.26 Å². The Hall–Kier alpha value is -4.11. The average Bonchev–Trinajstić information content (AvgIpc) is 2.87. The molecule has 2 aromatic carbocycles. The zero-order chi connectivity index (χ0) is 25.8. The second-order valence-electron chi connectivity index (χ2n) is 8.96. The van der Waals surface area contributed by atoms with Gasteiger partial charge in [0.05, 0.1) is 17.8 Å². The third kappa shape index (κ3) is 4.70. The van der Waals surface area contributed by atoms with Crippen LogP contribution in [-0.4, -0.2) is 37.5 Å². The summed E-state index contributed by atoms with van der Waals surface area (Å²) in [5, 5.41) is 14.3. The van der Waals surface area contributed by atoms with Crippen molar-refractivity contribution < 1.29 is 9.21 Å². The van der Waals surface area contributed by atoms with Crippen LogP contribution in [0.3, 0.4) is 0 Å². The predicted octanol–water partition coefficient (Wildman–Crippen LogP) is 6.16. The fourth-order valence-corrected chi connectivity index (χ4v) is 4.61. The van der Waals surface area contributed by atoms with Gasteiger partial charge in [-0.15, -0.1) is 0 Å². The molecule has 0 unspecified atom stereocenters. The largest absolute Gasteiger partial charge is 0.456 e. The average molecular weight is 481 g/mol. The lowest BCUT2D eigenvalue weighted by molar-refractivity contribution is 0.0799. The summed E-state index contributed by atoms with van der Waals surface area (Å²) in [7, 11) is 1.74. The van der Waals surface area contributed by atoms with Gasteiger partial charge in [-0.3, -0.25) is 9.79 Å². The number of carbonyl (C=O) groups excluding carboxylic acids is 1. The number of nitrogens with zero attached hydrogens (tertiary/aromatic N) is 3. The number of nitriles is 1. The number of aryl methyl sites for hydroxylation is 2. The fourth-order valence-electron chi connectivity index (χ4n) is 4.61. The number of fused-ring (bicyclic) bond motifs is 2. The van der Waals surface area contributed by atoms with E-state index in [2.05, 4.69) is 42.4 Å². The van der Waals surface area contributed by atoms with Gasteiger partial charge < -0.3 is 14.6 Å². The number of nitrogens with one attached hydrogen (secondary N) is 1. The Kier molecular flexibility index (Phi) is 7.40. The van der Waals surface area contributed by atoms with Gasteiger partial charge in [-0.2, -0.15) is 5.26 Å². The summed E-state index contributed by atoms with van der Waals surface area (Å²) in [6.07, 6.45) is 0.287. The van der Waals surface area contributed by atoms with Gasteiger partial charge in [0.1, 0.15) is 11.3 Å². The second-order valence-corrected chi connectivity index (χ2v) is 8.96. The summed E-state index contributed by atoms with van der Waals surface area (Å²) in [5.41, 5.74) is 7.25. The number of amides is 1. The normalized spacial score (nSPS) is 11.6. The minimum absolute atomic E-state index is 0.113. The SMILES string of the molecule is CCN=c1cc2oc3cc(NCC)c(C)cc3c(-c3ccccc3C(=O)N(C)CCC#N)c-2cc1C. The zero-order valence-corrected chi connectivity index (χ0v) is 21.6. The predicted molar refractivity (Wildman–Crippen MR) is 145 cm³/mol. The third-order valence-electron chi connectivity index (χ3n) is 6.41. The number of benzene rings is 3. The fraction of sp³-hybridized carbons (Fsp3) is 0.300. The number of anilines is 1. The highest BCUT2D eigenvalue weighted by molar-refractivity contribution is 6.09. The number of hydrogen-bond acceptors (Lipinski definition) is 5. The minimum Gasteiger partial charge on any atom is -0.456 e. The molecule has 1 heterocycles. The molecule has 0 aromatic heterocycles. The molecule has 0 saturated heterocycles. The maximum Gasteiger partial charge on any atom is 0.254 e. The quantitative estimate of drug-likeness (QED) is 0.321. The monoisotopic (exact) mass is 480 g/mol. The molecular formula is C30H32N4O2. The van der Waals surface area contributed by atoms with Crippen LogP contribution in [0.5, 0.6) is 0 Å². The van der Waals surface area contributed by atoms with Gasteiger partial charge >= 0.3 is 0 Å². The standard InChI is InChI=1S/C30H32N4O2/c1-6-32-25-17-27-23(15-19(25)3)29(24-16-20(4)26(33-7-2)18-28(24)36-27)21-11-8-9-12-22(21)30(35)34(5)14-10-13-31/h8-9,11-12,15-18,32H,6-7,10,14H2,1-5H3. The summed E-state index contributed by atoms with van der Waals surface area (Å²) in [6.45, 7) is 10.1. The van der Waals surface area contributed by atoms with Gasteiger partial charge in [0.15, 0.2) is 0 Å².